The first-order chi connectivity index (χ1) is 8.67. The Labute approximate surface area is 109 Å². The van der Waals surface area contributed by atoms with Gasteiger partial charge in [0.1, 0.15) is 11.5 Å². The molecule has 0 bridgehead atoms. The van der Waals surface area contributed by atoms with Gasteiger partial charge in [0.2, 0.25) is 0 Å². The topological polar surface area (TPSA) is 21.3 Å². The molecular formula is C16H19NO. The Balaban J connectivity index is 2.13. The summed E-state index contributed by atoms with van der Waals surface area (Å²) in [7, 11) is 1.94. The summed E-state index contributed by atoms with van der Waals surface area (Å²) in [5, 5.41) is 3.13. The van der Waals surface area contributed by atoms with Crippen LogP contribution in [0.1, 0.15) is 16.7 Å². The lowest BCUT2D eigenvalue weighted by atomic mass is 10.1. The van der Waals surface area contributed by atoms with Crippen molar-refractivity contribution in [3.63, 3.8) is 0 Å². The van der Waals surface area contributed by atoms with E-state index in [0.717, 1.165) is 18.0 Å². The summed E-state index contributed by atoms with van der Waals surface area (Å²) in [6.07, 6.45) is 0. The molecule has 0 atom stereocenters. The van der Waals surface area contributed by atoms with Crippen molar-refractivity contribution in [3.8, 4) is 11.5 Å². The van der Waals surface area contributed by atoms with E-state index in [9.17, 15) is 0 Å². The summed E-state index contributed by atoms with van der Waals surface area (Å²) in [4.78, 5) is 0. The molecule has 2 rings (SSSR count). The summed E-state index contributed by atoms with van der Waals surface area (Å²) in [6.45, 7) is 5.04. The molecule has 1 N–H and O–H groups in total. The van der Waals surface area contributed by atoms with Crippen LogP contribution < -0.4 is 10.1 Å². The van der Waals surface area contributed by atoms with Crippen molar-refractivity contribution in [3.05, 3.63) is 59.2 Å². The quantitative estimate of drug-likeness (QED) is 0.878. The van der Waals surface area contributed by atoms with Crippen LogP contribution in [-0.4, -0.2) is 7.05 Å². The zero-order chi connectivity index (χ0) is 13.0. The number of hydrogen-bond acceptors (Lipinski definition) is 2. The Morgan fingerprint density at radius 3 is 2.06 bits per heavy atom. The van der Waals surface area contributed by atoms with Gasteiger partial charge in [-0.1, -0.05) is 18.2 Å². The fourth-order valence-corrected chi connectivity index (χ4v) is 2.01. The van der Waals surface area contributed by atoms with Crippen LogP contribution in [0.3, 0.4) is 0 Å². The van der Waals surface area contributed by atoms with Gasteiger partial charge in [0.25, 0.3) is 0 Å². The number of hydrogen-bond donors (Lipinski definition) is 1. The third kappa shape index (κ3) is 3.34. The molecule has 94 valence electrons. The van der Waals surface area contributed by atoms with Crippen molar-refractivity contribution in [2.75, 3.05) is 7.05 Å². The summed E-state index contributed by atoms with van der Waals surface area (Å²) in [5.74, 6) is 1.77. The third-order valence-corrected chi connectivity index (χ3v) is 2.74. The summed E-state index contributed by atoms with van der Waals surface area (Å²) in [5.41, 5.74) is 3.69. The van der Waals surface area contributed by atoms with Crippen molar-refractivity contribution in [1.82, 2.24) is 5.32 Å². The van der Waals surface area contributed by atoms with Gasteiger partial charge in [-0.15, -0.1) is 0 Å². The highest BCUT2D eigenvalue weighted by molar-refractivity contribution is 5.37. The zero-order valence-corrected chi connectivity index (χ0v) is 11.2. The molecule has 0 fully saturated rings. The van der Waals surface area contributed by atoms with Crippen LogP contribution in [0.25, 0.3) is 0 Å². The van der Waals surface area contributed by atoms with E-state index in [0.29, 0.717) is 0 Å². The van der Waals surface area contributed by atoms with Crippen molar-refractivity contribution < 1.29 is 4.74 Å². The molecule has 2 aromatic rings. The standard InChI is InChI=1S/C16H19NO/c1-12-8-13(2)10-16(9-12)18-15-6-4-14(5-7-15)11-17-3/h4-10,17H,11H2,1-3H3. The first kappa shape index (κ1) is 12.7. The molecule has 2 nitrogen and oxygen atoms in total. The van der Waals surface area contributed by atoms with E-state index in [4.69, 9.17) is 4.74 Å². The van der Waals surface area contributed by atoms with Crippen LogP contribution in [-0.2, 0) is 6.54 Å². The minimum Gasteiger partial charge on any atom is -0.457 e. The molecule has 0 radical (unpaired) electrons. The van der Waals surface area contributed by atoms with Gasteiger partial charge in [-0.3, -0.25) is 0 Å². The maximum Gasteiger partial charge on any atom is 0.127 e. The second kappa shape index (κ2) is 5.69. The highest BCUT2D eigenvalue weighted by atomic mass is 16.5. The highest BCUT2D eigenvalue weighted by Gasteiger charge is 1.99. The fourth-order valence-electron chi connectivity index (χ4n) is 2.01. The summed E-state index contributed by atoms with van der Waals surface area (Å²) < 4.78 is 5.85. The van der Waals surface area contributed by atoms with Crippen LogP contribution in [0.2, 0.25) is 0 Å². The SMILES string of the molecule is CNCc1ccc(Oc2cc(C)cc(C)c2)cc1. The van der Waals surface area contributed by atoms with Gasteiger partial charge in [0.15, 0.2) is 0 Å². The van der Waals surface area contributed by atoms with E-state index in [1.54, 1.807) is 0 Å². The van der Waals surface area contributed by atoms with E-state index < -0.39 is 0 Å². The average Bonchev–Trinajstić information content (AvgIpc) is 2.31. The van der Waals surface area contributed by atoms with Gasteiger partial charge >= 0.3 is 0 Å². The molecule has 0 saturated heterocycles. The number of benzene rings is 2. The lowest BCUT2D eigenvalue weighted by molar-refractivity contribution is 0.481. The molecule has 2 heteroatoms. The van der Waals surface area contributed by atoms with E-state index in [1.165, 1.54) is 16.7 Å². The Hall–Kier alpha value is -1.80. The second-order valence-electron chi connectivity index (χ2n) is 4.60. The maximum atomic E-state index is 5.85. The normalized spacial score (nSPS) is 10.4. The molecule has 0 aliphatic heterocycles. The lowest BCUT2D eigenvalue weighted by Crippen LogP contribution is -2.04. The number of ether oxygens (including phenoxy) is 1. The Kier molecular flexibility index (Phi) is 4.00. The van der Waals surface area contributed by atoms with Crippen LogP contribution in [0.15, 0.2) is 42.5 Å². The zero-order valence-electron chi connectivity index (χ0n) is 11.2. The van der Waals surface area contributed by atoms with Gasteiger partial charge in [0.05, 0.1) is 0 Å². The van der Waals surface area contributed by atoms with Crippen LogP contribution in [0.4, 0.5) is 0 Å². The molecule has 0 amide bonds. The van der Waals surface area contributed by atoms with Gasteiger partial charge in [-0.05, 0) is 61.9 Å². The Bertz CT molecular complexity index is 497. The lowest BCUT2D eigenvalue weighted by Gasteiger charge is -2.08. The molecule has 2 aromatic carbocycles. The van der Waals surface area contributed by atoms with Crippen molar-refractivity contribution >= 4 is 0 Å². The molecule has 0 aromatic heterocycles. The number of aryl methyl sites for hydroxylation is 2. The van der Waals surface area contributed by atoms with Crippen LogP contribution in [0, 0.1) is 13.8 Å². The second-order valence-corrected chi connectivity index (χ2v) is 4.60. The van der Waals surface area contributed by atoms with Gasteiger partial charge in [0, 0.05) is 6.54 Å². The smallest absolute Gasteiger partial charge is 0.127 e. The molecular weight excluding hydrogens is 222 g/mol. The number of nitrogens with one attached hydrogen (secondary N) is 1. The minimum absolute atomic E-state index is 0.875. The molecule has 0 aliphatic carbocycles. The largest absolute Gasteiger partial charge is 0.457 e. The molecule has 0 saturated carbocycles. The van der Waals surface area contributed by atoms with Gasteiger partial charge < -0.3 is 10.1 Å². The number of rotatable bonds is 4. The van der Waals surface area contributed by atoms with Crippen molar-refractivity contribution in [1.29, 1.82) is 0 Å². The highest BCUT2D eigenvalue weighted by Crippen LogP contribution is 2.23. The first-order valence-corrected chi connectivity index (χ1v) is 6.17. The Morgan fingerprint density at radius 1 is 0.889 bits per heavy atom. The third-order valence-electron chi connectivity index (χ3n) is 2.74. The molecule has 0 aliphatic rings. The molecule has 0 spiro atoms. The molecule has 18 heavy (non-hydrogen) atoms. The molecule has 0 unspecified atom stereocenters. The van der Waals surface area contributed by atoms with Crippen molar-refractivity contribution in [2.24, 2.45) is 0 Å². The maximum absolute atomic E-state index is 5.85. The van der Waals surface area contributed by atoms with E-state index >= 15 is 0 Å². The van der Waals surface area contributed by atoms with Crippen LogP contribution >= 0.6 is 0 Å². The van der Waals surface area contributed by atoms with E-state index in [2.05, 4.69) is 49.5 Å². The predicted octanol–water partition coefficient (Wildman–Crippen LogP) is 3.82. The van der Waals surface area contributed by atoms with Gasteiger partial charge in [-0.2, -0.15) is 0 Å². The van der Waals surface area contributed by atoms with Gasteiger partial charge in [-0.25, -0.2) is 0 Å². The average molecular weight is 241 g/mol. The Morgan fingerprint density at radius 2 is 1.50 bits per heavy atom. The monoisotopic (exact) mass is 241 g/mol. The van der Waals surface area contributed by atoms with Crippen LogP contribution in [0.5, 0.6) is 11.5 Å². The predicted molar refractivity (Wildman–Crippen MR) is 75.2 cm³/mol. The minimum atomic E-state index is 0.875. The summed E-state index contributed by atoms with van der Waals surface area (Å²) in [6, 6.07) is 14.4. The fraction of sp³-hybridized carbons (Fsp3) is 0.250. The summed E-state index contributed by atoms with van der Waals surface area (Å²) >= 11 is 0. The van der Waals surface area contributed by atoms with E-state index in [1.807, 2.05) is 19.2 Å². The van der Waals surface area contributed by atoms with E-state index in [-0.39, 0.29) is 0 Å². The van der Waals surface area contributed by atoms with Crippen molar-refractivity contribution in [2.45, 2.75) is 20.4 Å². The first-order valence-electron chi connectivity index (χ1n) is 6.17. The molecule has 0 heterocycles.